The smallest absolute Gasteiger partial charge is 0.253 e. The van der Waals surface area contributed by atoms with Crippen molar-refractivity contribution >= 4 is 11.8 Å². The van der Waals surface area contributed by atoms with Crippen molar-refractivity contribution in [1.29, 1.82) is 0 Å². The zero-order chi connectivity index (χ0) is 21.0. The molecular weight excluding hydrogens is 373 g/mol. The summed E-state index contributed by atoms with van der Waals surface area (Å²) in [4.78, 5) is 28.8. The lowest BCUT2D eigenvalue weighted by Crippen LogP contribution is -2.50. The number of amides is 2. The average molecular weight is 399 g/mol. The van der Waals surface area contributed by atoms with Gasteiger partial charge in [0.25, 0.3) is 11.8 Å². The molecule has 2 amide bonds. The van der Waals surface area contributed by atoms with E-state index in [9.17, 15) is 19.1 Å². The van der Waals surface area contributed by atoms with E-state index in [1.165, 1.54) is 32.2 Å². The number of carbonyl (C=O) groups is 2. The van der Waals surface area contributed by atoms with Gasteiger partial charge in [0.1, 0.15) is 11.4 Å². The van der Waals surface area contributed by atoms with E-state index >= 15 is 0 Å². The van der Waals surface area contributed by atoms with Gasteiger partial charge >= 0.3 is 0 Å². The van der Waals surface area contributed by atoms with Crippen LogP contribution in [0.2, 0.25) is 0 Å². The molecule has 7 heteroatoms. The number of rotatable bonds is 5. The van der Waals surface area contributed by atoms with Gasteiger partial charge in [-0.3, -0.25) is 14.6 Å². The van der Waals surface area contributed by atoms with Crippen molar-refractivity contribution in [2.75, 3.05) is 0 Å². The summed E-state index contributed by atoms with van der Waals surface area (Å²) in [6.07, 6.45) is 4.61. The maximum atomic E-state index is 13.4. The molecule has 1 heterocycles. The molecule has 1 fully saturated rings. The van der Waals surface area contributed by atoms with E-state index in [0.717, 1.165) is 19.3 Å². The average Bonchev–Trinajstić information content (AvgIpc) is 2.67. The summed E-state index contributed by atoms with van der Waals surface area (Å²) in [5, 5.41) is 15.6. The maximum Gasteiger partial charge on any atom is 0.253 e. The molecule has 2 atom stereocenters. The monoisotopic (exact) mass is 399 g/mol. The number of nitrogens with one attached hydrogen (secondary N) is 2. The molecule has 2 aromatic rings. The molecule has 0 aliphatic heterocycles. The van der Waals surface area contributed by atoms with Crippen molar-refractivity contribution in [2.24, 2.45) is 0 Å². The standard InChI is InChI=1S/C22H26FN3O3/c1-22(2,29)21(28)26-18-8-4-7-17(12-18)25-20(27)15-9-10-19(24-13-15)14-5-3-6-16(23)11-14/h3,5-6,9-11,13,17-18,29H,4,7-8,12H2,1-2H3,(H,25,27)(H,26,28). The lowest BCUT2D eigenvalue weighted by atomic mass is 9.90. The number of pyridine rings is 1. The van der Waals surface area contributed by atoms with E-state index in [2.05, 4.69) is 15.6 Å². The van der Waals surface area contributed by atoms with Crippen LogP contribution in [0.4, 0.5) is 4.39 Å². The third-order valence-electron chi connectivity index (χ3n) is 5.05. The molecule has 1 aromatic carbocycles. The number of hydrogen-bond donors (Lipinski definition) is 3. The van der Waals surface area contributed by atoms with Crippen LogP contribution in [0, 0.1) is 5.82 Å². The molecule has 1 aromatic heterocycles. The summed E-state index contributed by atoms with van der Waals surface area (Å²) in [5.41, 5.74) is 0.237. The lowest BCUT2D eigenvalue weighted by molar-refractivity contribution is -0.137. The van der Waals surface area contributed by atoms with Crippen LogP contribution in [0.5, 0.6) is 0 Å². The normalized spacial score (nSPS) is 19.4. The topological polar surface area (TPSA) is 91.3 Å². The second-order valence-electron chi connectivity index (χ2n) is 8.01. The van der Waals surface area contributed by atoms with Gasteiger partial charge in [-0.25, -0.2) is 4.39 Å². The number of nitrogens with zero attached hydrogens (tertiary/aromatic N) is 1. The molecule has 1 aliphatic carbocycles. The van der Waals surface area contributed by atoms with Crippen LogP contribution in [0.15, 0.2) is 42.6 Å². The molecular formula is C22H26FN3O3. The minimum atomic E-state index is -1.43. The lowest BCUT2D eigenvalue weighted by Gasteiger charge is -2.31. The Morgan fingerprint density at radius 2 is 1.86 bits per heavy atom. The Hall–Kier alpha value is -2.80. The first-order valence-electron chi connectivity index (χ1n) is 9.78. The van der Waals surface area contributed by atoms with Gasteiger partial charge in [0.2, 0.25) is 0 Å². The van der Waals surface area contributed by atoms with Gasteiger partial charge in [-0.15, -0.1) is 0 Å². The highest BCUT2D eigenvalue weighted by Crippen LogP contribution is 2.21. The highest BCUT2D eigenvalue weighted by atomic mass is 19.1. The molecule has 0 bridgehead atoms. The first kappa shape index (κ1) is 20.9. The van der Waals surface area contributed by atoms with Gasteiger partial charge < -0.3 is 15.7 Å². The number of benzene rings is 1. The molecule has 2 unspecified atom stereocenters. The van der Waals surface area contributed by atoms with Gasteiger partial charge in [-0.2, -0.15) is 0 Å². The Morgan fingerprint density at radius 3 is 2.48 bits per heavy atom. The summed E-state index contributed by atoms with van der Waals surface area (Å²) < 4.78 is 13.4. The molecule has 3 N–H and O–H groups in total. The SMILES string of the molecule is CC(C)(O)C(=O)NC1CCCC(NC(=O)c2ccc(-c3cccc(F)c3)nc2)C1. The first-order chi connectivity index (χ1) is 13.7. The summed E-state index contributed by atoms with van der Waals surface area (Å²) in [6, 6.07) is 9.35. The van der Waals surface area contributed by atoms with Crippen molar-refractivity contribution in [3.05, 3.63) is 54.0 Å². The summed E-state index contributed by atoms with van der Waals surface area (Å²) in [5.74, 6) is -0.982. The Labute approximate surface area is 169 Å². The number of aromatic nitrogens is 1. The first-order valence-corrected chi connectivity index (χ1v) is 9.78. The number of hydrogen-bond acceptors (Lipinski definition) is 4. The van der Waals surface area contributed by atoms with Crippen LogP contribution >= 0.6 is 0 Å². The van der Waals surface area contributed by atoms with Gasteiger partial charge in [-0.1, -0.05) is 12.1 Å². The van der Waals surface area contributed by atoms with E-state index in [1.807, 2.05) is 0 Å². The van der Waals surface area contributed by atoms with E-state index < -0.39 is 11.5 Å². The van der Waals surface area contributed by atoms with Crippen molar-refractivity contribution in [1.82, 2.24) is 15.6 Å². The largest absolute Gasteiger partial charge is 0.381 e. The molecule has 1 aliphatic rings. The van der Waals surface area contributed by atoms with Crippen LogP contribution in [0.1, 0.15) is 49.9 Å². The van der Waals surface area contributed by atoms with Gasteiger partial charge in [0.05, 0.1) is 11.3 Å². The summed E-state index contributed by atoms with van der Waals surface area (Å²) in [6.45, 7) is 2.90. The predicted octanol–water partition coefficient (Wildman–Crippen LogP) is 2.82. The van der Waals surface area contributed by atoms with Crippen LogP contribution in [0.25, 0.3) is 11.3 Å². The minimum Gasteiger partial charge on any atom is -0.381 e. The second kappa shape index (κ2) is 8.69. The van der Waals surface area contributed by atoms with Gasteiger partial charge in [0, 0.05) is 23.8 Å². The number of carbonyl (C=O) groups excluding carboxylic acids is 2. The third kappa shape index (κ3) is 5.60. The predicted molar refractivity (Wildman–Crippen MR) is 108 cm³/mol. The van der Waals surface area contributed by atoms with Crippen molar-refractivity contribution in [3.63, 3.8) is 0 Å². The van der Waals surface area contributed by atoms with Crippen molar-refractivity contribution in [3.8, 4) is 11.3 Å². The van der Waals surface area contributed by atoms with Crippen LogP contribution in [0.3, 0.4) is 0 Å². The zero-order valence-electron chi connectivity index (χ0n) is 16.6. The quantitative estimate of drug-likeness (QED) is 0.721. The Morgan fingerprint density at radius 1 is 1.14 bits per heavy atom. The number of halogens is 1. The molecule has 1 saturated carbocycles. The van der Waals surface area contributed by atoms with E-state index in [-0.39, 0.29) is 23.8 Å². The van der Waals surface area contributed by atoms with E-state index in [4.69, 9.17) is 0 Å². The highest BCUT2D eigenvalue weighted by Gasteiger charge is 2.29. The van der Waals surface area contributed by atoms with Crippen LogP contribution in [-0.2, 0) is 4.79 Å². The molecule has 3 rings (SSSR count). The fraction of sp³-hybridized carbons (Fsp3) is 0.409. The van der Waals surface area contributed by atoms with Crippen LogP contribution in [-0.4, -0.2) is 39.6 Å². The van der Waals surface area contributed by atoms with Crippen molar-refractivity contribution in [2.45, 2.75) is 57.2 Å². The third-order valence-corrected chi connectivity index (χ3v) is 5.05. The molecule has 154 valence electrons. The summed E-state index contributed by atoms with van der Waals surface area (Å²) >= 11 is 0. The fourth-order valence-corrected chi connectivity index (χ4v) is 3.43. The Kier molecular flexibility index (Phi) is 6.27. The molecule has 0 spiro atoms. The zero-order valence-corrected chi connectivity index (χ0v) is 16.6. The highest BCUT2D eigenvalue weighted by molar-refractivity contribution is 5.94. The summed E-state index contributed by atoms with van der Waals surface area (Å²) in [7, 11) is 0. The van der Waals surface area contributed by atoms with Crippen molar-refractivity contribution < 1.29 is 19.1 Å². The van der Waals surface area contributed by atoms with E-state index in [0.29, 0.717) is 23.2 Å². The maximum absolute atomic E-state index is 13.4. The van der Waals surface area contributed by atoms with Crippen LogP contribution < -0.4 is 10.6 Å². The fourth-order valence-electron chi connectivity index (χ4n) is 3.43. The van der Waals surface area contributed by atoms with Gasteiger partial charge in [-0.05, 0) is 63.8 Å². The molecule has 29 heavy (non-hydrogen) atoms. The molecule has 6 nitrogen and oxygen atoms in total. The Bertz CT molecular complexity index is 878. The molecule has 0 radical (unpaired) electrons. The second-order valence-corrected chi connectivity index (χ2v) is 8.01. The van der Waals surface area contributed by atoms with E-state index in [1.54, 1.807) is 24.3 Å². The minimum absolute atomic E-state index is 0.0637. The Balaban J connectivity index is 1.59. The van der Waals surface area contributed by atoms with Gasteiger partial charge in [0.15, 0.2) is 0 Å². The number of aliphatic hydroxyl groups is 1. The molecule has 0 saturated heterocycles.